The zero-order chi connectivity index (χ0) is 13.7. The molecule has 1 aromatic rings. The SMILES string of the molecule is CCN1CCCC[C@@H]1CNc1ccc(C#N)c(N)n1. The van der Waals surface area contributed by atoms with Crippen LogP contribution >= 0.6 is 0 Å². The molecule has 1 aromatic heterocycles. The third-order valence-corrected chi connectivity index (χ3v) is 3.72. The van der Waals surface area contributed by atoms with Crippen LogP contribution in [0.3, 0.4) is 0 Å². The summed E-state index contributed by atoms with van der Waals surface area (Å²) in [7, 11) is 0. The predicted octanol–water partition coefficient (Wildman–Crippen LogP) is 1.82. The molecular formula is C14H21N5. The van der Waals surface area contributed by atoms with Gasteiger partial charge in [0.1, 0.15) is 17.7 Å². The summed E-state index contributed by atoms with van der Waals surface area (Å²) >= 11 is 0. The fourth-order valence-electron chi connectivity index (χ4n) is 2.60. The van der Waals surface area contributed by atoms with Crippen molar-refractivity contribution in [2.75, 3.05) is 30.7 Å². The van der Waals surface area contributed by atoms with Crippen LogP contribution in [0.15, 0.2) is 12.1 Å². The Bertz CT molecular complexity index is 465. The average molecular weight is 259 g/mol. The molecule has 0 aliphatic carbocycles. The maximum atomic E-state index is 8.81. The molecule has 1 aliphatic rings. The fourth-order valence-corrected chi connectivity index (χ4v) is 2.60. The van der Waals surface area contributed by atoms with Crippen LogP contribution in [0.4, 0.5) is 11.6 Å². The molecule has 3 N–H and O–H groups in total. The summed E-state index contributed by atoms with van der Waals surface area (Å²) in [5.41, 5.74) is 6.14. The van der Waals surface area contributed by atoms with E-state index in [0.717, 1.165) is 18.9 Å². The van der Waals surface area contributed by atoms with Gasteiger partial charge in [-0.2, -0.15) is 5.26 Å². The molecule has 1 saturated heterocycles. The first-order chi connectivity index (χ1) is 9.24. The number of nitrogens with zero attached hydrogens (tertiary/aromatic N) is 3. The predicted molar refractivity (Wildman–Crippen MR) is 76.7 cm³/mol. The largest absolute Gasteiger partial charge is 0.383 e. The third kappa shape index (κ3) is 3.36. The van der Waals surface area contributed by atoms with E-state index >= 15 is 0 Å². The number of nitrogens with one attached hydrogen (secondary N) is 1. The molecule has 0 amide bonds. The Labute approximate surface area is 114 Å². The molecule has 1 fully saturated rings. The van der Waals surface area contributed by atoms with Crippen molar-refractivity contribution in [3.8, 4) is 6.07 Å². The van der Waals surface area contributed by atoms with Crippen molar-refractivity contribution in [2.45, 2.75) is 32.2 Å². The number of anilines is 2. The number of nitrogens with two attached hydrogens (primary N) is 1. The maximum absolute atomic E-state index is 8.81. The number of likely N-dealkylation sites (tertiary alicyclic amines) is 1. The van der Waals surface area contributed by atoms with Gasteiger partial charge in [0.2, 0.25) is 0 Å². The summed E-state index contributed by atoms with van der Waals surface area (Å²) in [5.74, 6) is 1.04. The minimum atomic E-state index is 0.295. The fraction of sp³-hybridized carbons (Fsp3) is 0.571. The molecule has 0 unspecified atom stereocenters. The van der Waals surface area contributed by atoms with Crippen molar-refractivity contribution in [1.29, 1.82) is 5.26 Å². The molecule has 5 heteroatoms. The van der Waals surface area contributed by atoms with Crippen molar-refractivity contribution >= 4 is 11.6 Å². The highest BCUT2D eigenvalue weighted by Crippen LogP contribution is 2.18. The van der Waals surface area contributed by atoms with Crippen LogP contribution in [0.1, 0.15) is 31.7 Å². The van der Waals surface area contributed by atoms with Gasteiger partial charge in [-0.15, -0.1) is 0 Å². The normalized spacial score (nSPS) is 19.9. The standard InChI is InChI=1S/C14H21N5/c1-2-19-8-4-3-5-12(19)10-17-13-7-6-11(9-15)14(16)18-13/h6-7,12H,2-5,8,10H2,1H3,(H3,16,17,18)/t12-/m1/s1. The Morgan fingerprint density at radius 2 is 2.37 bits per heavy atom. The lowest BCUT2D eigenvalue weighted by atomic mass is 10.0. The molecule has 1 atom stereocenters. The van der Waals surface area contributed by atoms with Crippen LogP contribution in [-0.4, -0.2) is 35.6 Å². The van der Waals surface area contributed by atoms with E-state index in [1.165, 1.54) is 25.8 Å². The Hall–Kier alpha value is -1.80. The number of hydrogen-bond donors (Lipinski definition) is 2. The lowest BCUT2D eigenvalue weighted by Crippen LogP contribution is -2.43. The lowest BCUT2D eigenvalue weighted by Gasteiger charge is -2.35. The number of pyridine rings is 1. The van der Waals surface area contributed by atoms with Gasteiger partial charge in [-0.3, -0.25) is 4.90 Å². The Morgan fingerprint density at radius 1 is 1.53 bits per heavy atom. The van der Waals surface area contributed by atoms with Crippen molar-refractivity contribution in [1.82, 2.24) is 9.88 Å². The summed E-state index contributed by atoms with van der Waals surface area (Å²) in [4.78, 5) is 6.71. The minimum Gasteiger partial charge on any atom is -0.383 e. The first-order valence-electron chi connectivity index (χ1n) is 6.89. The van der Waals surface area contributed by atoms with Crippen molar-refractivity contribution in [3.63, 3.8) is 0 Å². The third-order valence-electron chi connectivity index (χ3n) is 3.72. The number of piperidine rings is 1. The molecule has 19 heavy (non-hydrogen) atoms. The van der Waals surface area contributed by atoms with E-state index in [2.05, 4.69) is 22.1 Å². The minimum absolute atomic E-state index is 0.295. The zero-order valence-electron chi connectivity index (χ0n) is 11.4. The summed E-state index contributed by atoms with van der Waals surface area (Å²) in [6.07, 6.45) is 3.82. The van der Waals surface area contributed by atoms with E-state index in [-0.39, 0.29) is 0 Å². The summed E-state index contributed by atoms with van der Waals surface area (Å²) in [5, 5.41) is 12.1. The number of likely N-dealkylation sites (N-methyl/N-ethyl adjacent to an activating group) is 1. The monoisotopic (exact) mass is 259 g/mol. The van der Waals surface area contributed by atoms with Gasteiger partial charge in [-0.05, 0) is 38.1 Å². The molecule has 0 bridgehead atoms. The van der Waals surface area contributed by atoms with E-state index in [1.807, 2.05) is 12.1 Å². The molecule has 2 rings (SSSR count). The number of nitrogen functional groups attached to an aromatic ring is 1. The molecule has 0 spiro atoms. The van der Waals surface area contributed by atoms with E-state index in [9.17, 15) is 0 Å². The quantitative estimate of drug-likeness (QED) is 0.862. The van der Waals surface area contributed by atoms with E-state index in [0.29, 0.717) is 17.4 Å². The summed E-state index contributed by atoms with van der Waals surface area (Å²) in [6, 6.07) is 6.11. The molecule has 2 heterocycles. The molecule has 0 radical (unpaired) electrons. The first kappa shape index (κ1) is 13.6. The van der Waals surface area contributed by atoms with Gasteiger partial charge in [0.15, 0.2) is 0 Å². The smallest absolute Gasteiger partial charge is 0.143 e. The van der Waals surface area contributed by atoms with E-state index in [1.54, 1.807) is 6.07 Å². The molecular weight excluding hydrogens is 238 g/mol. The highest BCUT2D eigenvalue weighted by Gasteiger charge is 2.20. The van der Waals surface area contributed by atoms with Crippen LogP contribution in [0, 0.1) is 11.3 Å². The van der Waals surface area contributed by atoms with Gasteiger partial charge < -0.3 is 11.1 Å². The first-order valence-corrected chi connectivity index (χ1v) is 6.89. The highest BCUT2D eigenvalue weighted by molar-refractivity contribution is 5.53. The van der Waals surface area contributed by atoms with Gasteiger partial charge in [0.25, 0.3) is 0 Å². The number of aromatic nitrogens is 1. The Kier molecular flexibility index (Phi) is 4.58. The molecule has 0 saturated carbocycles. The van der Waals surface area contributed by atoms with E-state index < -0.39 is 0 Å². The van der Waals surface area contributed by atoms with Crippen LogP contribution in [-0.2, 0) is 0 Å². The number of rotatable bonds is 4. The van der Waals surface area contributed by atoms with Crippen molar-refractivity contribution in [2.24, 2.45) is 0 Å². The van der Waals surface area contributed by atoms with Gasteiger partial charge in [0, 0.05) is 12.6 Å². The second kappa shape index (κ2) is 6.39. The number of nitriles is 1. The van der Waals surface area contributed by atoms with Crippen LogP contribution < -0.4 is 11.1 Å². The highest BCUT2D eigenvalue weighted by atomic mass is 15.2. The van der Waals surface area contributed by atoms with Crippen LogP contribution in [0.25, 0.3) is 0 Å². The van der Waals surface area contributed by atoms with Crippen LogP contribution in [0.2, 0.25) is 0 Å². The Balaban J connectivity index is 1.94. The molecule has 102 valence electrons. The average Bonchev–Trinajstić information content (AvgIpc) is 2.45. The van der Waals surface area contributed by atoms with Gasteiger partial charge >= 0.3 is 0 Å². The zero-order valence-corrected chi connectivity index (χ0v) is 11.4. The lowest BCUT2D eigenvalue weighted by molar-refractivity contribution is 0.164. The van der Waals surface area contributed by atoms with Gasteiger partial charge in [-0.1, -0.05) is 13.3 Å². The summed E-state index contributed by atoms with van der Waals surface area (Å²) < 4.78 is 0. The molecule has 0 aromatic carbocycles. The van der Waals surface area contributed by atoms with Gasteiger partial charge in [-0.25, -0.2) is 4.98 Å². The van der Waals surface area contributed by atoms with Crippen molar-refractivity contribution < 1.29 is 0 Å². The second-order valence-corrected chi connectivity index (χ2v) is 4.90. The Morgan fingerprint density at radius 3 is 3.05 bits per heavy atom. The number of hydrogen-bond acceptors (Lipinski definition) is 5. The van der Waals surface area contributed by atoms with Crippen LogP contribution in [0.5, 0.6) is 0 Å². The molecule has 5 nitrogen and oxygen atoms in total. The topological polar surface area (TPSA) is 78.0 Å². The maximum Gasteiger partial charge on any atom is 0.143 e. The molecule has 1 aliphatic heterocycles. The summed E-state index contributed by atoms with van der Waals surface area (Å²) in [6.45, 7) is 5.36. The van der Waals surface area contributed by atoms with Gasteiger partial charge in [0.05, 0.1) is 5.56 Å². The second-order valence-electron chi connectivity index (χ2n) is 4.90. The van der Waals surface area contributed by atoms with E-state index in [4.69, 9.17) is 11.0 Å². The van der Waals surface area contributed by atoms with Crippen molar-refractivity contribution in [3.05, 3.63) is 17.7 Å².